The summed E-state index contributed by atoms with van der Waals surface area (Å²) in [7, 11) is 0. The van der Waals surface area contributed by atoms with E-state index < -0.39 is 0 Å². The third-order valence-corrected chi connectivity index (χ3v) is 0.979. The summed E-state index contributed by atoms with van der Waals surface area (Å²) < 4.78 is 0. The molecule has 0 unspecified atom stereocenters. The molecular formula is C10H20N2. The summed E-state index contributed by atoms with van der Waals surface area (Å²) in [5, 5.41) is 0. The molecule has 12 heavy (non-hydrogen) atoms. The third kappa shape index (κ3) is 9.08. The van der Waals surface area contributed by atoms with Crippen molar-refractivity contribution in [3.63, 3.8) is 0 Å². The third-order valence-electron chi connectivity index (χ3n) is 0.979. The molecule has 2 heteroatoms. The maximum atomic E-state index is 4.10. The Morgan fingerprint density at radius 3 is 2.25 bits per heavy atom. The number of rotatable bonds is 3. The fourth-order valence-electron chi connectivity index (χ4n) is 0.518. The lowest BCUT2D eigenvalue weighted by Gasteiger charge is -1.90. The van der Waals surface area contributed by atoms with Gasteiger partial charge in [-0.05, 0) is 6.42 Å². The van der Waals surface area contributed by atoms with Crippen LogP contribution >= 0.6 is 0 Å². The second kappa shape index (κ2) is 12.7. The number of nitrogens with zero attached hydrogens (tertiary/aromatic N) is 2. The Morgan fingerprint density at radius 2 is 1.92 bits per heavy atom. The average Bonchev–Trinajstić information content (AvgIpc) is 2.15. The van der Waals surface area contributed by atoms with E-state index in [1.807, 2.05) is 33.9 Å². The smallest absolute Gasteiger partial charge is 0.127 e. The minimum Gasteiger partial charge on any atom is -0.246 e. The van der Waals surface area contributed by atoms with Crippen molar-refractivity contribution in [1.82, 2.24) is 0 Å². The Kier molecular flexibility index (Phi) is 14.5. The van der Waals surface area contributed by atoms with Crippen LogP contribution < -0.4 is 0 Å². The van der Waals surface area contributed by atoms with Crippen LogP contribution in [-0.4, -0.2) is 12.1 Å². The lowest BCUT2D eigenvalue weighted by molar-refractivity contribution is 1.22. The predicted octanol–water partition coefficient (Wildman–Crippen LogP) is 3.45. The molecule has 70 valence electrons. The van der Waals surface area contributed by atoms with Crippen LogP contribution in [0.15, 0.2) is 22.8 Å². The lowest BCUT2D eigenvalue weighted by atomic mass is 10.4. The van der Waals surface area contributed by atoms with E-state index in [1.54, 1.807) is 0 Å². The topological polar surface area (TPSA) is 24.7 Å². The molecule has 0 aromatic rings. The van der Waals surface area contributed by atoms with Crippen molar-refractivity contribution < 1.29 is 0 Å². The first-order valence-corrected chi connectivity index (χ1v) is 4.55. The van der Waals surface area contributed by atoms with E-state index in [0.29, 0.717) is 0 Å². The average molecular weight is 168 g/mol. The second-order valence-corrected chi connectivity index (χ2v) is 1.80. The number of hydrogen-bond acceptors (Lipinski definition) is 1. The SMILES string of the molecule is C=CN=C(CC)N=CCC.CC. The molecular weight excluding hydrogens is 148 g/mol. The molecule has 0 aliphatic heterocycles. The van der Waals surface area contributed by atoms with E-state index in [0.717, 1.165) is 18.7 Å². The van der Waals surface area contributed by atoms with Crippen LogP contribution in [0.2, 0.25) is 0 Å². The van der Waals surface area contributed by atoms with Crippen LogP contribution in [0.3, 0.4) is 0 Å². The van der Waals surface area contributed by atoms with Gasteiger partial charge in [-0.25, -0.2) is 9.98 Å². The predicted molar refractivity (Wildman–Crippen MR) is 58.1 cm³/mol. The van der Waals surface area contributed by atoms with Gasteiger partial charge in [0.2, 0.25) is 0 Å². The van der Waals surface area contributed by atoms with Gasteiger partial charge in [-0.15, -0.1) is 0 Å². The molecule has 0 heterocycles. The van der Waals surface area contributed by atoms with Gasteiger partial charge < -0.3 is 0 Å². The maximum absolute atomic E-state index is 4.10. The van der Waals surface area contributed by atoms with E-state index in [-0.39, 0.29) is 0 Å². The summed E-state index contributed by atoms with van der Waals surface area (Å²) >= 11 is 0. The molecule has 0 fully saturated rings. The number of hydrogen-bond donors (Lipinski definition) is 0. The van der Waals surface area contributed by atoms with Crippen LogP contribution in [0.1, 0.15) is 40.5 Å². The summed E-state index contributed by atoms with van der Waals surface area (Å²) in [6.07, 6.45) is 5.19. The monoisotopic (exact) mass is 168 g/mol. The van der Waals surface area contributed by atoms with E-state index >= 15 is 0 Å². The van der Waals surface area contributed by atoms with E-state index in [2.05, 4.69) is 16.6 Å². The lowest BCUT2D eigenvalue weighted by Crippen LogP contribution is -1.89. The summed E-state index contributed by atoms with van der Waals surface area (Å²) in [5.41, 5.74) is 0. The first-order valence-electron chi connectivity index (χ1n) is 4.55. The zero-order valence-electron chi connectivity index (χ0n) is 8.67. The quantitative estimate of drug-likeness (QED) is 0.455. The normalized spacial score (nSPS) is 10.8. The second-order valence-electron chi connectivity index (χ2n) is 1.80. The zero-order valence-corrected chi connectivity index (χ0v) is 8.67. The van der Waals surface area contributed by atoms with Crippen molar-refractivity contribution in [2.75, 3.05) is 0 Å². The highest BCUT2D eigenvalue weighted by molar-refractivity contribution is 5.89. The highest BCUT2D eigenvalue weighted by Gasteiger charge is 1.85. The summed E-state index contributed by atoms with van der Waals surface area (Å²) in [4.78, 5) is 8.07. The van der Waals surface area contributed by atoms with Gasteiger partial charge in [0.1, 0.15) is 5.84 Å². The minimum atomic E-state index is 0.844. The Hall–Kier alpha value is -0.920. The molecule has 0 amide bonds. The van der Waals surface area contributed by atoms with Crippen LogP contribution in [0, 0.1) is 0 Å². The molecule has 0 rings (SSSR count). The largest absolute Gasteiger partial charge is 0.246 e. The summed E-state index contributed by atoms with van der Waals surface area (Å²) in [6.45, 7) is 11.6. The van der Waals surface area contributed by atoms with Gasteiger partial charge in [0, 0.05) is 18.8 Å². The molecule has 0 atom stereocenters. The maximum Gasteiger partial charge on any atom is 0.127 e. The van der Waals surface area contributed by atoms with Crippen molar-refractivity contribution in [2.24, 2.45) is 9.98 Å². The van der Waals surface area contributed by atoms with Gasteiger partial charge in [0.15, 0.2) is 0 Å². The van der Waals surface area contributed by atoms with Crippen LogP contribution in [0.5, 0.6) is 0 Å². The van der Waals surface area contributed by atoms with E-state index in [9.17, 15) is 0 Å². The van der Waals surface area contributed by atoms with Crippen LogP contribution in [-0.2, 0) is 0 Å². The minimum absolute atomic E-state index is 0.844. The molecule has 0 bridgehead atoms. The Bertz CT molecular complexity index is 146. The van der Waals surface area contributed by atoms with E-state index in [4.69, 9.17) is 0 Å². The van der Waals surface area contributed by atoms with Crippen molar-refractivity contribution in [3.8, 4) is 0 Å². The summed E-state index contributed by atoms with van der Waals surface area (Å²) in [5.74, 6) is 0.844. The first-order chi connectivity index (χ1) is 5.85. The van der Waals surface area contributed by atoms with Gasteiger partial charge in [0.25, 0.3) is 0 Å². The van der Waals surface area contributed by atoms with Gasteiger partial charge in [-0.2, -0.15) is 0 Å². The van der Waals surface area contributed by atoms with Gasteiger partial charge in [-0.3, -0.25) is 0 Å². The molecule has 0 saturated carbocycles. The zero-order chi connectivity index (χ0) is 9.82. The highest BCUT2D eigenvalue weighted by Crippen LogP contribution is 1.88. The fourth-order valence-corrected chi connectivity index (χ4v) is 0.518. The molecule has 0 N–H and O–H groups in total. The van der Waals surface area contributed by atoms with Gasteiger partial charge >= 0.3 is 0 Å². The molecule has 0 aromatic carbocycles. The highest BCUT2D eigenvalue weighted by atomic mass is 14.9. The molecule has 0 aliphatic carbocycles. The molecule has 0 spiro atoms. The Morgan fingerprint density at radius 1 is 1.33 bits per heavy atom. The number of amidine groups is 1. The Labute approximate surface area is 76.1 Å². The van der Waals surface area contributed by atoms with Gasteiger partial charge in [0.05, 0.1) is 0 Å². The van der Waals surface area contributed by atoms with Crippen molar-refractivity contribution in [2.45, 2.75) is 40.5 Å². The van der Waals surface area contributed by atoms with Crippen LogP contribution in [0.25, 0.3) is 0 Å². The molecule has 0 aliphatic rings. The van der Waals surface area contributed by atoms with Crippen molar-refractivity contribution in [3.05, 3.63) is 12.8 Å². The van der Waals surface area contributed by atoms with Crippen molar-refractivity contribution in [1.29, 1.82) is 0 Å². The van der Waals surface area contributed by atoms with E-state index in [1.165, 1.54) is 6.20 Å². The Balaban J connectivity index is 0. The van der Waals surface area contributed by atoms with Gasteiger partial charge in [-0.1, -0.05) is 34.3 Å². The fraction of sp³-hybridized carbons (Fsp3) is 0.600. The molecule has 2 nitrogen and oxygen atoms in total. The molecule has 0 aromatic heterocycles. The molecule has 0 radical (unpaired) electrons. The summed E-state index contributed by atoms with van der Waals surface area (Å²) in [6, 6.07) is 0. The van der Waals surface area contributed by atoms with Crippen molar-refractivity contribution >= 4 is 12.1 Å². The first kappa shape index (κ1) is 13.7. The molecule has 0 saturated heterocycles. The standard InChI is InChI=1S/C8H14N2.C2H6/c1-4-7-10-8(5-2)9-6-3;1-2/h6-7H,3-5H2,1-2H3;1-2H3. The number of aliphatic imine (C=N–C) groups is 2. The van der Waals surface area contributed by atoms with Crippen LogP contribution in [0.4, 0.5) is 0 Å².